The lowest BCUT2D eigenvalue weighted by Crippen LogP contribution is -3.21. The maximum absolute atomic E-state index is 4.02. The van der Waals surface area contributed by atoms with E-state index in [9.17, 15) is 0 Å². The first-order valence-corrected chi connectivity index (χ1v) is 7.76. The minimum Gasteiger partial charge on any atom is -0.306 e. The molecule has 1 heteroatoms. The first kappa shape index (κ1) is 7.53. The average molecular weight is 225 g/mol. The summed E-state index contributed by atoms with van der Waals surface area (Å²) in [5, 5.41) is 4.02. The molecule has 88 valence electrons. The lowest BCUT2D eigenvalue weighted by molar-refractivity contribution is -0.635. The molecule has 2 saturated heterocycles. The average Bonchev–Trinajstić information content (AvgIpc) is 2.73. The highest BCUT2D eigenvalue weighted by molar-refractivity contribution is 5.84. The van der Waals surface area contributed by atoms with Gasteiger partial charge in [0.2, 0.25) is 0 Å². The van der Waals surface area contributed by atoms with Gasteiger partial charge in [0.15, 0.2) is 0 Å². The van der Waals surface area contributed by atoms with Gasteiger partial charge in [0.1, 0.15) is 0 Å². The molecule has 9 fully saturated rings. The standard InChI is InChI=1S/C16H19N/c1-5-6-8-11(2,3)9-7-10-15-12(5,4)14(6,15)13(8,9)16(7,15)17-10/h5-10,17H,1-4H3/t5?,6?,7?,8?,9?,10?,12?,13?,14?,15-,16?/m1/s1. The van der Waals surface area contributed by atoms with E-state index in [1.165, 1.54) is 0 Å². The molecular weight excluding hydrogens is 206 g/mol. The van der Waals surface area contributed by atoms with E-state index in [0.29, 0.717) is 5.41 Å². The highest BCUT2D eigenvalue weighted by Crippen LogP contribution is 3.31. The summed E-state index contributed by atoms with van der Waals surface area (Å²) in [4.78, 5) is 0. The van der Waals surface area contributed by atoms with E-state index in [-0.39, 0.29) is 0 Å². The Hall–Kier alpha value is -0.0400. The molecule has 0 aromatic heterocycles. The first-order valence-electron chi connectivity index (χ1n) is 7.76. The third kappa shape index (κ3) is 0.213. The number of rotatable bonds is 0. The van der Waals surface area contributed by atoms with Crippen LogP contribution >= 0.6 is 0 Å². The van der Waals surface area contributed by atoms with E-state index in [4.69, 9.17) is 0 Å². The zero-order valence-corrected chi connectivity index (χ0v) is 11.0. The van der Waals surface area contributed by atoms with Gasteiger partial charge in [-0.3, -0.25) is 0 Å². The van der Waals surface area contributed by atoms with E-state index >= 15 is 0 Å². The second-order valence-corrected chi connectivity index (χ2v) is 9.73. The van der Waals surface area contributed by atoms with Gasteiger partial charge in [-0.2, -0.15) is 0 Å². The molecule has 10 unspecified atom stereocenters. The van der Waals surface area contributed by atoms with Crippen molar-refractivity contribution in [3.63, 3.8) is 0 Å². The van der Waals surface area contributed by atoms with Crippen molar-refractivity contribution >= 4 is 0 Å². The van der Waals surface area contributed by atoms with Gasteiger partial charge in [0.25, 0.3) is 0 Å². The fraction of sp³-hybridized carbons (Fsp3) is 1.00. The fourth-order valence-corrected chi connectivity index (χ4v) is 12.2. The number of piperidine rings is 2. The third-order valence-corrected chi connectivity index (χ3v) is 11.1. The van der Waals surface area contributed by atoms with Crippen LogP contribution in [0.25, 0.3) is 0 Å². The topological polar surface area (TPSA) is 12.0 Å². The molecule has 0 radical (unpaired) electrons. The molecule has 9 aliphatic rings. The Morgan fingerprint density at radius 2 is 1.65 bits per heavy atom. The quantitative estimate of drug-likeness (QED) is 0.664. The predicted molar refractivity (Wildman–Crippen MR) is 62.0 cm³/mol. The van der Waals surface area contributed by atoms with Crippen molar-refractivity contribution in [2.75, 3.05) is 0 Å². The molecule has 9 rings (SSSR count). The van der Waals surface area contributed by atoms with Crippen LogP contribution in [-0.2, 0) is 0 Å². The molecule has 1 N–H and O–H groups in total. The van der Waals surface area contributed by atoms with Crippen molar-refractivity contribution in [3.05, 3.63) is 0 Å². The smallest absolute Gasteiger partial charge is 0.0381 e. The largest absolute Gasteiger partial charge is 0.306 e. The van der Waals surface area contributed by atoms with Crippen molar-refractivity contribution < 1.29 is 0 Å². The van der Waals surface area contributed by atoms with Gasteiger partial charge in [0.05, 0.1) is 0 Å². The van der Waals surface area contributed by atoms with Gasteiger partial charge in [-0.1, -0.05) is 27.7 Å². The Labute approximate surface area is 102 Å². The number of fused-ring (bicyclic) bond motifs is 1. The predicted octanol–water partition coefficient (Wildman–Crippen LogP) is 1.88. The summed E-state index contributed by atoms with van der Waals surface area (Å²) in [6.45, 7) is 10.5. The van der Waals surface area contributed by atoms with Crippen LogP contribution in [0, 0.1) is 56.7 Å². The van der Waals surface area contributed by atoms with Crippen LogP contribution in [0.3, 0.4) is 0 Å². The van der Waals surface area contributed by atoms with Crippen LogP contribution in [-0.4, -0.2) is 11.6 Å². The van der Waals surface area contributed by atoms with Crippen molar-refractivity contribution in [1.29, 1.82) is 0 Å². The van der Waals surface area contributed by atoms with Crippen LogP contribution in [0.15, 0.2) is 0 Å². The zero-order chi connectivity index (χ0) is 11.2. The van der Waals surface area contributed by atoms with Crippen molar-refractivity contribution in [1.82, 2.24) is 5.32 Å². The van der Waals surface area contributed by atoms with E-state index in [0.717, 1.165) is 62.8 Å². The van der Waals surface area contributed by atoms with E-state index in [1.807, 2.05) is 0 Å². The van der Waals surface area contributed by atoms with Crippen LogP contribution < -0.4 is 5.32 Å². The van der Waals surface area contributed by atoms with Gasteiger partial charge in [0, 0.05) is 22.4 Å². The number of hydrogen-bond acceptors (Lipinski definition) is 1. The lowest BCUT2D eigenvalue weighted by Gasteiger charge is -3.13. The molecule has 7 aliphatic carbocycles. The van der Waals surface area contributed by atoms with Gasteiger partial charge in [-0.15, -0.1) is 0 Å². The van der Waals surface area contributed by atoms with Crippen LogP contribution in [0.5, 0.6) is 0 Å². The van der Waals surface area contributed by atoms with Gasteiger partial charge in [-0.25, -0.2) is 0 Å². The number of hydrogen-bond donors (Lipinski definition) is 1. The highest BCUT2D eigenvalue weighted by Gasteiger charge is 3.34. The SMILES string of the molecule is CC1C2C3C(C)(C)C4C5C6NC57C43C23C1(C)[C@@]673. The molecule has 17 heavy (non-hydrogen) atoms. The summed E-state index contributed by atoms with van der Waals surface area (Å²) in [5.74, 6) is 5.58. The summed E-state index contributed by atoms with van der Waals surface area (Å²) in [6.07, 6.45) is 0. The molecule has 4 spiro atoms. The molecule has 0 aromatic carbocycles. The Balaban J connectivity index is 1.57. The first-order chi connectivity index (χ1) is 7.98. The molecule has 1 nitrogen and oxygen atoms in total. The van der Waals surface area contributed by atoms with Gasteiger partial charge in [-0.05, 0) is 45.8 Å². The third-order valence-electron chi connectivity index (χ3n) is 11.1. The molecule has 0 aromatic rings. The second kappa shape index (κ2) is 1.18. The molecule has 0 amide bonds. The van der Waals surface area contributed by atoms with Crippen molar-refractivity contribution in [2.45, 2.75) is 39.3 Å². The summed E-state index contributed by atoms with van der Waals surface area (Å²) in [7, 11) is 0. The Bertz CT molecular complexity index is 637. The van der Waals surface area contributed by atoms with Crippen molar-refractivity contribution in [3.8, 4) is 0 Å². The normalized spacial score (nSPS) is 102. The van der Waals surface area contributed by atoms with Gasteiger partial charge < -0.3 is 5.32 Å². The molecule has 2 bridgehead atoms. The summed E-state index contributed by atoms with van der Waals surface area (Å²) in [6, 6.07) is 0.979. The second-order valence-electron chi connectivity index (χ2n) is 9.73. The lowest BCUT2D eigenvalue weighted by atomic mass is 8.94. The Morgan fingerprint density at radius 3 is 2.35 bits per heavy atom. The minimum absolute atomic E-state index is 0.704. The molecule has 7 saturated carbocycles. The van der Waals surface area contributed by atoms with Crippen LogP contribution in [0.1, 0.15) is 27.7 Å². The Kier molecular flexibility index (Phi) is 0.523. The maximum atomic E-state index is 4.02. The van der Waals surface area contributed by atoms with Crippen molar-refractivity contribution in [2.24, 2.45) is 56.7 Å². The van der Waals surface area contributed by atoms with Gasteiger partial charge >= 0.3 is 0 Å². The highest BCUT2D eigenvalue weighted by atomic mass is 15.5. The fourth-order valence-electron chi connectivity index (χ4n) is 12.2. The molecular formula is C16H19N. The monoisotopic (exact) mass is 225 g/mol. The molecule has 11 atom stereocenters. The molecule has 2 heterocycles. The Morgan fingerprint density at radius 1 is 0.941 bits per heavy atom. The summed E-state index contributed by atoms with van der Waals surface area (Å²) < 4.78 is 0. The minimum atomic E-state index is 0.704. The summed E-state index contributed by atoms with van der Waals surface area (Å²) >= 11 is 0. The zero-order valence-electron chi connectivity index (χ0n) is 11.0. The number of nitrogens with one attached hydrogen (secondary N) is 1. The van der Waals surface area contributed by atoms with E-state index in [2.05, 4.69) is 33.0 Å². The van der Waals surface area contributed by atoms with E-state index in [1.54, 1.807) is 0 Å². The van der Waals surface area contributed by atoms with Crippen LogP contribution in [0.4, 0.5) is 0 Å². The van der Waals surface area contributed by atoms with Crippen LogP contribution in [0.2, 0.25) is 0 Å². The maximum Gasteiger partial charge on any atom is 0.0381 e. The summed E-state index contributed by atoms with van der Waals surface area (Å²) in [5.41, 5.74) is 4.92. The van der Waals surface area contributed by atoms with E-state index < -0.39 is 0 Å². The molecule has 2 aliphatic heterocycles.